The molecule has 0 aliphatic rings. The topological polar surface area (TPSA) is 0 Å². The molecule has 0 radical (unpaired) electrons. The van der Waals surface area contributed by atoms with E-state index in [0.717, 1.165) is 18.2 Å². The molecule has 200 valence electrons. The third kappa shape index (κ3) is 3.96. The van der Waals surface area contributed by atoms with Gasteiger partial charge in [0.15, 0.2) is 23.3 Å². The molecule has 0 saturated heterocycles. The molecule has 0 saturated carbocycles. The number of halogens is 12. The molecule has 0 N–H and O–H groups in total. The molecule has 0 atom stereocenters. The molecular weight excluding hydrogens is 552 g/mol. The summed E-state index contributed by atoms with van der Waals surface area (Å²) in [7, 11) is 0. The lowest BCUT2D eigenvalue weighted by molar-refractivity contribution is -0.143. The van der Waals surface area contributed by atoms with Gasteiger partial charge >= 0.3 is 6.18 Å². The molecule has 0 bridgehead atoms. The van der Waals surface area contributed by atoms with E-state index >= 15 is 17.6 Å². The lowest BCUT2D eigenvalue weighted by Crippen LogP contribution is -2.16. The van der Waals surface area contributed by atoms with Gasteiger partial charge in [0.05, 0.1) is 5.56 Å². The van der Waals surface area contributed by atoms with E-state index in [2.05, 4.69) is 0 Å². The van der Waals surface area contributed by atoms with Crippen molar-refractivity contribution in [1.82, 2.24) is 0 Å². The van der Waals surface area contributed by atoms with E-state index < -0.39 is 108 Å². The van der Waals surface area contributed by atoms with E-state index in [-0.39, 0.29) is 0 Å². The number of benzene rings is 5. The van der Waals surface area contributed by atoms with Crippen LogP contribution >= 0.6 is 0 Å². The molecule has 12 heteroatoms. The van der Waals surface area contributed by atoms with Crippen molar-refractivity contribution < 1.29 is 52.7 Å². The Morgan fingerprint density at radius 1 is 0.436 bits per heavy atom. The minimum Gasteiger partial charge on any atom is -0.207 e. The van der Waals surface area contributed by atoms with Crippen molar-refractivity contribution in [3.63, 3.8) is 0 Å². The molecule has 0 aliphatic carbocycles. The third-order valence-corrected chi connectivity index (χ3v) is 6.12. The molecule has 0 aliphatic heterocycles. The Hall–Kier alpha value is -4.22. The van der Waals surface area contributed by atoms with Gasteiger partial charge in [0.1, 0.15) is 34.6 Å². The van der Waals surface area contributed by atoms with Crippen LogP contribution in [0.4, 0.5) is 52.7 Å². The minimum atomic E-state index is -5.89. The van der Waals surface area contributed by atoms with Crippen molar-refractivity contribution in [2.45, 2.75) is 6.18 Å². The van der Waals surface area contributed by atoms with Crippen molar-refractivity contribution in [1.29, 1.82) is 0 Å². The number of hydrogen-bond acceptors (Lipinski definition) is 0. The Bertz CT molecular complexity index is 1810. The summed E-state index contributed by atoms with van der Waals surface area (Å²) in [5, 5.41) is -3.34. The predicted octanol–water partition coefficient (Wildman–Crippen LogP) is 9.60. The molecule has 0 unspecified atom stereocenters. The smallest absolute Gasteiger partial charge is 0.207 e. The van der Waals surface area contributed by atoms with Crippen LogP contribution in [-0.4, -0.2) is 0 Å². The monoisotopic (exact) mass is 560 g/mol. The van der Waals surface area contributed by atoms with E-state index in [1.54, 1.807) is 0 Å². The molecule has 0 heterocycles. The van der Waals surface area contributed by atoms with Gasteiger partial charge in [0.25, 0.3) is 0 Å². The van der Waals surface area contributed by atoms with Gasteiger partial charge in [-0.25, -0.2) is 39.5 Å². The highest BCUT2D eigenvalue weighted by atomic mass is 19.4. The first-order valence-electron chi connectivity index (χ1n) is 10.7. The van der Waals surface area contributed by atoms with Crippen molar-refractivity contribution in [2.24, 2.45) is 0 Å². The van der Waals surface area contributed by atoms with Crippen LogP contribution in [0.3, 0.4) is 0 Å². The largest absolute Gasteiger partial charge is 0.422 e. The van der Waals surface area contributed by atoms with Crippen molar-refractivity contribution in [3.8, 4) is 22.3 Å². The second-order valence-corrected chi connectivity index (χ2v) is 8.35. The fourth-order valence-corrected chi connectivity index (χ4v) is 4.58. The van der Waals surface area contributed by atoms with Crippen LogP contribution in [0.25, 0.3) is 43.8 Å². The molecule has 0 amide bonds. The van der Waals surface area contributed by atoms with Gasteiger partial charge in [-0.2, -0.15) is 13.2 Å². The average Bonchev–Trinajstić information content (AvgIpc) is 2.84. The Balaban J connectivity index is 2.11. The van der Waals surface area contributed by atoms with Crippen LogP contribution in [0, 0.1) is 52.4 Å². The van der Waals surface area contributed by atoms with Crippen LogP contribution in [0.1, 0.15) is 5.56 Å². The van der Waals surface area contributed by atoms with Gasteiger partial charge in [-0.1, -0.05) is 6.07 Å². The Labute approximate surface area is 209 Å². The summed E-state index contributed by atoms with van der Waals surface area (Å²) in [6.45, 7) is 0. The molecule has 5 rings (SSSR count). The van der Waals surface area contributed by atoms with E-state index in [9.17, 15) is 35.1 Å². The first kappa shape index (κ1) is 26.4. The summed E-state index contributed by atoms with van der Waals surface area (Å²) in [6, 6.07) is 4.76. The normalized spacial score (nSPS) is 12.1. The second kappa shape index (κ2) is 8.92. The van der Waals surface area contributed by atoms with E-state index in [1.807, 2.05) is 0 Å². The summed E-state index contributed by atoms with van der Waals surface area (Å²) in [4.78, 5) is 0. The first-order chi connectivity index (χ1) is 18.2. The van der Waals surface area contributed by atoms with Gasteiger partial charge in [-0.05, 0) is 47.2 Å². The SMILES string of the molecule is Fc1ccc(-c2c3cc(F)ccc3c(-c3c(F)c(F)c(C(F)(F)F)c(F)c3F)c3c(F)ccc(F)c23)c(F)c1. The fraction of sp³-hybridized carbons (Fsp3) is 0.0370. The van der Waals surface area contributed by atoms with Crippen LogP contribution in [0.5, 0.6) is 0 Å². The molecular formula is C27H8F12. The third-order valence-electron chi connectivity index (χ3n) is 6.12. The lowest BCUT2D eigenvalue weighted by Gasteiger charge is -2.21. The van der Waals surface area contributed by atoms with Crippen LogP contribution < -0.4 is 0 Å². The standard InChI is InChI=1S/C27H8F12/c28-9-1-3-11-13(7-9)17(12-4-2-10(29)8-16(12)32)19-14(30)5-6-15(31)20(19)18(11)21-23(33)25(35)22(27(37,38)39)26(36)24(21)34/h1-8H. The first-order valence-corrected chi connectivity index (χ1v) is 10.7. The average molecular weight is 560 g/mol. The Kier molecular flexibility index (Phi) is 6.04. The van der Waals surface area contributed by atoms with E-state index in [0.29, 0.717) is 30.3 Å². The van der Waals surface area contributed by atoms with Gasteiger partial charge in [0.2, 0.25) is 0 Å². The van der Waals surface area contributed by atoms with Crippen molar-refractivity contribution in [3.05, 3.63) is 106 Å². The van der Waals surface area contributed by atoms with Crippen molar-refractivity contribution in [2.75, 3.05) is 0 Å². The summed E-state index contributed by atoms with van der Waals surface area (Å²) >= 11 is 0. The summed E-state index contributed by atoms with van der Waals surface area (Å²) in [6.07, 6.45) is -5.89. The molecule has 5 aromatic rings. The number of rotatable bonds is 2. The van der Waals surface area contributed by atoms with E-state index in [4.69, 9.17) is 0 Å². The number of alkyl halides is 3. The Morgan fingerprint density at radius 3 is 1.49 bits per heavy atom. The predicted molar refractivity (Wildman–Crippen MR) is 117 cm³/mol. The summed E-state index contributed by atoms with van der Waals surface area (Å²) in [5.41, 5.74) is -7.19. The van der Waals surface area contributed by atoms with Crippen molar-refractivity contribution >= 4 is 21.5 Å². The zero-order chi connectivity index (χ0) is 28.5. The number of hydrogen-bond donors (Lipinski definition) is 0. The zero-order valence-electron chi connectivity index (χ0n) is 18.7. The molecule has 0 fully saturated rings. The van der Waals surface area contributed by atoms with Crippen LogP contribution in [-0.2, 0) is 6.18 Å². The maximum atomic E-state index is 15.3. The molecule has 5 aromatic carbocycles. The quantitative estimate of drug-likeness (QED) is 0.115. The maximum absolute atomic E-state index is 15.3. The van der Waals surface area contributed by atoms with Crippen LogP contribution in [0.15, 0.2) is 48.5 Å². The molecule has 0 spiro atoms. The highest BCUT2D eigenvalue weighted by molar-refractivity contribution is 6.21. The highest BCUT2D eigenvalue weighted by Crippen LogP contribution is 2.49. The summed E-state index contributed by atoms with van der Waals surface area (Å²) < 4.78 is 172. The van der Waals surface area contributed by atoms with Gasteiger partial charge < -0.3 is 0 Å². The molecule has 0 nitrogen and oxygen atoms in total. The molecule has 0 aromatic heterocycles. The lowest BCUT2D eigenvalue weighted by atomic mass is 9.84. The zero-order valence-corrected chi connectivity index (χ0v) is 18.7. The van der Waals surface area contributed by atoms with Gasteiger partial charge in [0, 0.05) is 33.5 Å². The molecule has 39 heavy (non-hydrogen) atoms. The highest BCUT2D eigenvalue weighted by Gasteiger charge is 2.43. The Morgan fingerprint density at radius 2 is 0.949 bits per heavy atom. The van der Waals surface area contributed by atoms with E-state index in [1.165, 1.54) is 0 Å². The van der Waals surface area contributed by atoms with Crippen LogP contribution in [0.2, 0.25) is 0 Å². The van der Waals surface area contributed by atoms with Gasteiger partial charge in [-0.3, -0.25) is 0 Å². The number of fused-ring (bicyclic) bond motifs is 2. The van der Waals surface area contributed by atoms with Gasteiger partial charge in [-0.15, -0.1) is 0 Å². The second-order valence-electron chi connectivity index (χ2n) is 8.35. The maximum Gasteiger partial charge on any atom is 0.422 e. The fourth-order valence-electron chi connectivity index (χ4n) is 4.58. The summed E-state index contributed by atoms with van der Waals surface area (Å²) in [5.74, 6) is -17.4. The minimum absolute atomic E-state index is 0.358.